The number of hydrogen-bond acceptors (Lipinski definition) is 10. The number of unbranched alkanes of at least 4 members (excludes halogenated alkanes) is 1. The van der Waals surface area contributed by atoms with Crippen LogP contribution in [0.4, 0.5) is 0 Å². The first-order valence-corrected chi connectivity index (χ1v) is 13.7. The van der Waals surface area contributed by atoms with Crippen molar-refractivity contribution in [2.75, 3.05) is 13.1 Å². The Morgan fingerprint density at radius 3 is 1.52 bits per heavy atom. The number of nitrogens with one attached hydrogen (secondary N) is 2. The van der Waals surface area contributed by atoms with Crippen molar-refractivity contribution in [2.24, 2.45) is 43.3 Å². The molecule has 4 aromatic heterocycles. The summed E-state index contributed by atoms with van der Waals surface area (Å²) in [5.41, 5.74) is 23.8. The van der Waals surface area contributed by atoms with Gasteiger partial charge in [0, 0.05) is 36.2 Å². The molecule has 0 spiro atoms. The summed E-state index contributed by atoms with van der Waals surface area (Å²) >= 11 is 2.77. The Balaban J connectivity index is 1.33. The van der Waals surface area contributed by atoms with E-state index in [-0.39, 0.29) is 35.1 Å². The van der Waals surface area contributed by atoms with Crippen LogP contribution in [0.1, 0.15) is 59.1 Å². The molecule has 0 aromatic carbocycles. The second-order valence-corrected chi connectivity index (χ2v) is 10.1. The zero-order valence-electron chi connectivity index (χ0n) is 21.7. The molecule has 0 atom stereocenters. The molecule has 2 amide bonds. The number of nitrogens with zero attached hydrogens (tertiary/aromatic N) is 8. The van der Waals surface area contributed by atoms with Crippen molar-refractivity contribution in [3.05, 3.63) is 45.9 Å². The lowest BCUT2D eigenvalue weighted by Crippen LogP contribution is -2.29. The summed E-state index contributed by atoms with van der Waals surface area (Å²) in [5, 5.41) is 24.8. The zero-order valence-corrected chi connectivity index (χ0v) is 23.3. The van der Waals surface area contributed by atoms with Gasteiger partial charge >= 0.3 is 0 Å². The number of amides is 2. The van der Waals surface area contributed by atoms with Gasteiger partial charge < -0.3 is 33.6 Å². The number of carbonyl (C=O) groups is 2. The molecule has 0 aliphatic carbocycles. The SMILES string of the molecule is C/C(=N\N=C(N)N)c1c(C(=O)NCCCCNC(=O)c2nc3sccn3c2/C(C)=N/N=C(N)N)nc2sccn12. The lowest BCUT2D eigenvalue weighted by Gasteiger charge is -2.07. The van der Waals surface area contributed by atoms with Crippen molar-refractivity contribution in [1.82, 2.24) is 29.4 Å². The average molecular weight is 585 g/mol. The van der Waals surface area contributed by atoms with Crippen LogP contribution >= 0.6 is 22.7 Å². The van der Waals surface area contributed by atoms with Gasteiger partial charge in [-0.25, -0.2) is 9.97 Å². The lowest BCUT2D eigenvalue weighted by molar-refractivity contribution is 0.0935. The van der Waals surface area contributed by atoms with Gasteiger partial charge in [0.05, 0.1) is 11.4 Å². The van der Waals surface area contributed by atoms with Gasteiger partial charge in [0.25, 0.3) is 11.8 Å². The molecular weight excluding hydrogens is 556 g/mol. The molecule has 18 heteroatoms. The van der Waals surface area contributed by atoms with E-state index in [1.165, 1.54) is 22.7 Å². The zero-order chi connectivity index (χ0) is 28.8. The Labute approximate surface area is 235 Å². The van der Waals surface area contributed by atoms with E-state index in [9.17, 15) is 9.59 Å². The number of aromatic nitrogens is 4. The third-order valence-electron chi connectivity index (χ3n) is 5.45. The molecule has 0 aliphatic rings. The maximum Gasteiger partial charge on any atom is 0.272 e. The Kier molecular flexibility index (Phi) is 8.70. The molecule has 16 nitrogen and oxygen atoms in total. The highest BCUT2D eigenvalue weighted by molar-refractivity contribution is 7.15. The second-order valence-electron chi connectivity index (χ2n) is 8.37. The van der Waals surface area contributed by atoms with Crippen LogP contribution in [0.15, 0.2) is 43.6 Å². The maximum atomic E-state index is 12.9. The first-order chi connectivity index (χ1) is 19.2. The van der Waals surface area contributed by atoms with Crippen LogP contribution in [0.2, 0.25) is 0 Å². The Morgan fingerprint density at radius 1 is 0.750 bits per heavy atom. The Morgan fingerprint density at radius 2 is 1.15 bits per heavy atom. The van der Waals surface area contributed by atoms with E-state index in [0.29, 0.717) is 58.7 Å². The summed E-state index contributed by atoms with van der Waals surface area (Å²) in [6, 6.07) is 0. The van der Waals surface area contributed by atoms with Crippen LogP contribution < -0.4 is 33.6 Å². The minimum atomic E-state index is -0.354. The largest absolute Gasteiger partial charge is 0.369 e. The van der Waals surface area contributed by atoms with Crippen molar-refractivity contribution in [2.45, 2.75) is 26.7 Å². The van der Waals surface area contributed by atoms with Gasteiger partial charge in [0.15, 0.2) is 21.3 Å². The monoisotopic (exact) mass is 584 g/mol. The molecule has 210 valence electrons. The average Bonchev–Trinajstić information content (AvgIpc) is 3.68. The molecule has 4 rings (SSSR count). The number of guanidine groups is 2. The van der Waals surface area contributed by atoms with Gasteiger partial charge in [-0.15, -0.1) is 32.9 Å². The molecule has 0 saturated carbocycles. The first-order valence-electron chi connectivity index (χ1n) is 11.9. The molecule has 0 saturated heterocycles. The van der Waals surface area contributed by atoms with E-state index in [2.05, 4.69) is 41.0 Å². The van der Waals surface area contributed by atoms with E-state index in [4.69, 9.17) is 22.9 Å². The third kappa shape index (κ3) is 6.24. The number of nitrogens with two attached hydrogens (primary N) is 4. The number of carbonyl (C=O) groups excluding carboxylic acids is 2. The Bertz CT molecular complexity index is 1540. The fourth-order valence-electron chi connectivity index (χ4n) is 3.76. The predicted octanol–water partition coefficient (Wildman–Crippen LogP) is 0.0398. The molecule has 0 unspecified atom stereocenters. The molecule has 10 N–H and O–H groups in total. The van der Waals surface area contributed by atoms with Gasteiger partial charge in [0.1, 0.15) is 11.4 Å². The van der Waals surface area contributed by atoms with Crippen molar-refractivity contribution in [1.29, 1.82) is 0 Å². The van der Waals surface area contributed by atoms with Crippen LogP contribution in [-0.2, 0) is 0 Å². The van der Waals surface area contributed by atoms with Crippen molar-refractivity contribution < 1.29 is 9.59 Å². The Hall–Kier alpha value is -4.84. The van der Waals surface area contributed by atoms with Crippen LogP contribution in [-0.4, -0.2) is 67.0 Å². The smallest absolute Gasteiger partial charge is 0.272 e. The minimum Gasteiger partial charge on any atom is -0.369 e. The molecule has 0 radical (unpaired) electrons. The van der Waals surface area contributed by atoms with E-state index in [0.717, 1.165) is 0 Å². The van der Waals surface area contributed by atoms with Gasteiger partial charge in [-0.2, -0.15) is 10.2 Å². The van der Waals surface area contributed by atoms with Gasteiger partial charge in [-0.05, 0) is 26.7 Å². The fraction of sp³-hybridized carbons (Fsp3) is 0.273. The standard InChI is InChI=1S/C22H28N14O2S2/c1-11(31-33-19(23)24)15-13(29-21-35(15)7-9-39-21)17(37)27-5-3-4-6-28-18(38)14-16(12(2)32-34-20(25)26)36-8-10-40-22(36)30-14/h7-10H,3-6H2,1-2H3,(H,27,37)(H,28,38)(H4,23,24,33)(H4,25,26,34)/b31-11+,32-12+. The second kappa shape index (κ2) is 12.3. The van der Waals surface area contributed by atoms with E-state index in [1.54, 1.807) is 35.0 Å². The quantitative estimate of drug-likeness (QED) is 0.0606. The number of imidazole rings is 2. The summed E-state index contributed by atoms with van der Waals surface area (Å²) in [4.78, 5) is 36.0. The summed E-state index contributed by atoms with van der Waals surface area (Å²) < 4.78 is 3.52. The maximum absolute atomic E-state index is 12.9. The number of hydrogen-bond donors (Lipinski definition) is 6. The first kappa shape index (κ1) is 28.2. The van der Waals surface area contributed by atoms with Crippen molar-refractivity contribution >= 4 is 67.8 Å². The highest BCUT2D eigenvalue weighted by Gasteiger charge is 2.23. The minimum absolute atomic E-state index is 0.193. The number of rotatable bonds is 11. The highest BCUT2D eigenvalue weighted by Crippen LogP contribution is 2.20. The topological polar surface area (TPSA) is 246 Å². The molecule has 0 bridgehead atoms. The van der Waals surface area contributed by atoms with Gasteiger partial charge in [-0.3, -0.25) is 18.4 Å². The van der Waals surface area contributed by atoms with Crippen LogP contribution in [0.25, 0.3) is 9.92 Å². The summed E-state index contributed by atoms with van der Waals surface area (Å²) in [6.07, 6.45) is 4.81. The van der Waals surface area contributed by atoms with Crippen LogP contribution in [0, 0.1) is 0 Å². The molecule has 0 aliphatic heterocycles. The molecule has 4 aromatic rings. The predicted molar refractivity (Wildman–Crippen MR) is 156 cm³/mol. The van der Waals surface area contributed by atoms with Crippen LogP contribution in [0.3, 0.4) is 0 Å². The van der Waals surface area contributed by atoms with Crippen LogP contribution in [0.5, 0.6) is 0 Å². The lowest BCUT2D eigenvalue weighted by atomic mass is 10.2. The van der Waals surface area contributed by atoms with Gasteiger partial charge in [0.2, 0.25) is 11.9 Å². The van der Waals surface area contributed by atoms with E-state index >= 15 is 0 Å². The number of thiazole rings is 2. The van der Waals surface area contributed by atoms with Crippen molar-refractivity contribution in [3.8, 4) is 0 Å². The highest BCUT2D eigenvalue weighted by atomic mass is 32.1. The molecule has 0 fully saturated rings. The van der Waals surface area contributed by atoms with E-state index < -0.39 is 0 Å². The third-order valence-corrected chi connectivity index (χ3v) is 6.96. The summed E-state index contributed by atoms with van der Waals surface area (Å²) in [7, 11) is 0. The fourth-order valence-corrected chi connectivity index (χ4v) is 5.19. The van der Waals surface area contributed by atoms with E-state index in [1.807, 2.05) is 10.8 Å². The van der Waals surface area contributed by atoms with Gasteiger partial charge in [-0.1, -0.05) is 0 Å². The molecule has 40 heavy (non-hydrogen) atoms. The molecule has 4 heterocycles. The van der Waals surface area contributed by atoms with Crippen molar-refractivity contribution in [3.63, 3.8) is 0 Å². The normalized spacial score (nSPS) is 12.1. The number of fused-ring (bicyclic) bond motifs is 2. The summed E-state index contributed by atoms with van der Waals surface area (Å²) in [5.74, 6) is -1.09. The summed E-state index contributed by atoms with van der Waals surface area (Å²) in [6.45, 7) is 4.13. The molecular formula is C22H28N14O2S2.